The Morgan fingerprint density at radius 2 is 2.11 bits per heavy atom. The molecule has 19 heavy (non-hydrogen) atoms. The second-order valence-electron chi connectivity index (χ2n) is 3.74. The van der Waals surface area contributed by atoms with Gasteiger partial charge in [0.15, 0.2) is 0 Å². The molecule has 0 spiro atoms. The van der Waals surface area contributed by atoms with Gasteiger partial charge in [-0.25, -0.2) is 9.78 Å². The van der Waals surface area contributed by atoms with Crippen molar-refractivity contribution in [2.75, 3.05) is 0 Å². The third kappa shape index (κ3) is 5.04. The fraction of sp³-hybridized carbons (Fsp3) is 0.273. The van der Waals surface area contributed by atoms with Crippen LogP contribution in [0.3, 0.4) is 0 Å². The monoisotopic (exact) mass is 329 g/mol. The second kappa shape index (κ2) is 6.83. The van der Waals surface area contributed by atoms with Crippen molar-refractivity contribution in [1.82, 2.24) is 10.3 Å². The lowest BCUT2D eigenvalue weighted by molar-refractivity contribution is -0.139. The highest BCUT2D eigenvalue weighted by Crippen LogP contribution is 2.07. The van der Waals surface area contributed by atoms with Gasteiger partial charge in [-0.2, -0.15) is 0 Å². The zero-order valence-electron chi connectivity index (χ0n) is 9.80. The van der Waals surface area contributed by atoms with E-state index >= 15 is 0 Å². The molecular formula is C11H12BrN3O4. The lowest BCUT2D eigenvalue weighted by Gasteiger charge is -2.13. The molecule has 1 atom stereocenters. The normalized spacial score (nSPS) is 11.6. The number of aromatic nitrogens is 1. The van der Waals surface area contributed by atoms with E-state index in [0.717, 1.165) is 0 Å². The van der Waals surface area contributed by atoms with Gasteiger partial charge in [0, 0.05) is 12.6 Å². The first kappa shape index (κ1) is 15.1. The summed E-state index contributed by atoms with van der Waals surface area (Å²) in [4.78, 5) is 37.2. The Labute approximate surface area is 117 Å². The fourth-order valence-corrected chi connectivity index (χ4v) is 1.53. The molecule has 2 amide bonds. The van der Waals surface area contributed by atoms with Gasteiger partial charge in [-0.3, -0.25) is 9.59 Å². The van der Waals surface area contributed by atoms with Crippen molar-refractivity contribution in [3.05, 3.63) is 28.5 Å². The molecule has 4 N–H and O–H groups in total. The lowest BCUT2D eigenvalue weighted by Crippen LogP contribution is -2.41. The van der Waals surface area contributed by atoms with Gasteiger partial charge in [0.2, 0.25) is 5.91 Å². The van der Waals surface area contributed by atoms with Crippen LogP contribution >= 0.6 is 15.9 Å². The number of nitrogens with one attached hydrogen (secondary N) is 1. The van der Waals surface area contributed by atoms with Crippen molar-refractivity contribution < 1.29 is 19.5 Å². The summed E-state index contributed by atoms with van der Waals surface area (Å²) in [5.74, 6) is -2.41. The SMILES string of the molecule is NC(=O)CCC(NC(=O)c1ccc(Br)nc1)C(=O)O. The van der Waals surface area contributed by atoms with Crippen molar-refractivity contribution in [1.29, 1.82) is 0 Å². The van der Waals surface area contributed by atoms with E-state index in [9.17, 15) is 14.4 Å². The highest BCUT2D eigenvalue weighted by Gasteiger charge is 2.21. The summed E-state index contributed by atoms with van der Waals surface area (Å²) in [7, 11) is 0. The second-order valence-corrected chi connectivity index (χ2v) is 4.55. The number of nitrogens with zero attached hydrogens (tertiary/aromatic N) is 1. The van der Waals surface area contributed by atoms with Gasteiger partial charge in [0.05, 0.1) is 5.56 Å². The van der Waals surface area contributed by atoms with Gasteiger partial charge in [-0.1, -0.05) is 0 Å². The van der Waals surface area contributed by atoms with E-state index in [-0.39, 0.29) is 18.4 Å². The summed E-state index contributed by atoms with van der Waals surface area (Å²) < 4.78 is 0.563. The van der Waals surface area contributed by atoms with E-state index in [0.29, 0.717) is 4.60 Å². The van der Waals surface area contributed by atoms with Crippen molar-refractivity contribution in [3.8, 4) is 0 Å². The summed E-state index contributed by atoms with van der Waals surface area (Å²) in [6, 6.07) is 1.90. The maximum atomic E-state index is 11.8. The first-order chi connectivity index (χ1) is 8.90. The van der Waals surface area contributed by atoms with E-state index in [1.54, 1.807) is 6.07 Å². The quantitative estimate of drug-likeness (QED) is 0.647. The molecule has 7 nitrogen and oxygen atoms in total. The van der Waals surface area contributed by atoms with Gasteiger partial charge in [0.25, 0.3) is 5.91 Å². The van der Waals surface area contributed by atoms with Gasteiger partial charge >= 0.3 is 5.97 Å². The number of pyridine rings is 1. The zero-order chi connectivity index (χ0) is 14.4. The van der Waals surface area contributed by atoms with Crippen molar-refractivity contribution >= 4 is 33.7 Å². The lowest BCUT2D eigenvalue weighted by atomic mass is 10.1. The topological polar surface area (TPSA) is 122 Å². The summed E-state index contributed by atoms with van der Waals surface area (Å²) in [5.41, 5.74) is 5.17. The molecule has 0 aliphatic carbocycles. The standard InChI is InChI=1S/C11H12BrN3O4/c12-8-3-1-6(5-14-8)10(17)15-7(11(18)19)2-4-9(13)16/h1,3,5,7H,2,4H2,(H2,13,16)(H,15,17)(H,18,19). The number of carboxylic acid groups (broad SMARTS) is 1. The minimum atomic E-state index is -1.22. The maximum absolute atomic E-state index is 11.8. The van der Waals surface area contributed by atoms with Gasteiger partial charge < -0.3 is 16.2 Å². The number of hydrogen-bond acceptors (Lipinski definition) is 4. The molecule has 0 saturated heterocycles. The van der Waals surface area contributed by atoms with Crippen LogP contribution in [0.4, 0.5) is 0 Å². The van der Waals surface area contributed by atoms with E-state index in [2.05, 4.69) is 26.2 Å². The van der Waals surface area contributed by atoms with Crippen LogP contribution in [-0.2, 0) is 9.59 Å². The number of nitrogens with two attached hydrogens (primary N) is 1. The van der Waals surface area contributed by atoms with E-state index in [4.69, 9.17) is 10.8 Å². The number of aliphatic carboxylic acids is 1. The minimum absolute atomic E-state index is 0.0552. The number of rotatable bonds is 6. The molecule has 1 aromatic rings. The highest BCUT2D eigenvalue weighted by molar-refractivity contribution is 9.10. The molecule has 0 radical (unpaired) electrons. The number of carboxylic acids is 1. The van der Waals surface area contributed by atoms with Crippen LogP contribution in [-0.4, -0.2) is 33.9 Å². The molecule has 8 heteroatoms. The van der Waals surface area contributed by atoms with Gasteiger partial charge in [-0.15, -0.1) is 0 Å². The Morgan fingerprint density at radius 1 is 1.42 bits per heavy atom. The Hall–Kier alpha value is -1.96. The largest absolute Gasteiger partial charge is 0.480 e. The third-order valence-electron chi connectivity index (χ3n) is 2.27. The smallest absolute Gasteiger partial charge is 0.326 e. The number of halogens is 1. The molecule has 0 saturated carbocycles. The molecule has 0 aliphatic rings. The first-order valence-corrected chi connectivity index (χ1v) is 6.13. The average Bonchev–Trinajstić information content (AvgIpc) is 2.34. The molecule has 1 heterocycles. The molecule has 0 bridgehead atoms. The third-order valence-corrected chi connectivity index (χ3v) is 2.74. The van der Waals surface area contributed by atoms with Crippen LogP contribution < -0.4 is 11.1 Å². The van der Waals surface area contributed by atoms with Crippen LogP contribution in [0.1, 0.15) is 23.2 Å². The molecule has 1 unspecified atom stereocenters. The fourth-order valence-electron chi connectivity index (χ4n) is 1.30. The number of carbonyl (C=O) groups is 3. The van der Waals surface area contributed by atoms with Crippen LogP contribution in [0, 0.1) is 0 Å². The number of hydrogen-bond donors (Lipinski definition) is 3. The molecule has 0 aliphatic heterocycles. The molecule has 1 rings (SSSR count). The van der Waals surface area contributed by atoms with E-state index in [1.165, 1.54) is 12.3 Å². The van der Waals surface area contributed by atoms with Crippen molar-refractivity contribution in [3.63, 3.8) is 0 Å². The van der Waals surface area contributed by atoms with Crippen LogP contribution in [0.15, 0.2) is 22.9 Å². The summed E-state index contributed by atoms with van der Waals surface area (Å²) in [6.07, 6.45) is 1.14. The zero-order valence-corrected chi connectivity index (χ0v) is 11.4. The van der Waals surface area contributed by atoms with Crippen LogP contribution in [0.5, 0.6) is 0 Å². The van der Waals surface area contributed by atoms with Crippen molar-refractivity contribution in [2.24, 2.45) is 5.73 Å². The maximum Gasteiger partial charge on any atom is 0.326 e. The molecule has 0 fully saturated rings. The Balaban J connectivity index is 2.68. The summed E-state index contributed by atoms with van der Waals surface area (Å²) in [5, 5.41) is 11.2. The van der Waals surface area contributed by atoms with E-state index in [1.807, 2.05) is 0 Å². The molecule has 0 aromatic carbocycles. The summed E-state index contributed by atoms with van der Waals surface area (Å²) >= 11 is 3.12. The minimum Gasteiger partial charge on any atom is -0.480 e. The molecule has 102 valence electrons. The predicted octanol–water partition coefficient (Wildman–Crippen LogP) is 0.293. The molecule has 1 aromatic heterocycles. The summed E-state index contributed by atoms with van der Waals surface area (Å²) in [6.45, 7) is 0. The van der Waals surface area contributed by atoms with Crippen molar-refractivity contribution in [2.45, 2.75) is 18.9 Å². The number of amides is 2. The number of primary amides is 1. The Bertz CT molecular complexity index is 489. The van der Waals surface area contributed by atoms with E-state index < -0.39 is 23.8 Å². The first-order valence-electron chi connectivity index (χ1n) is 5.33. The average molecular weight is 330 g/mol. The van der Waals surface area contributed by atoms with Gasteiger partial charge in [-0.05, 0) is 34.5 Å². The van der Waals surface area contributed by atoms with Gasteiger partial charge in [0.1, 0.15) is 10.6 Å². The van der Waals surface area contributed by atoms with Crippen LogP contribution in [0.2, 0.25) is 0 Å². The Morgan fingerprint density at radius 3 is 2.58 bits per heavy atom. The predicted molar refractivity (Wildman–Crippen MR) is 69.3 cm³/mol. The Kier molecular flexibility index (Phi) is 5.43. The highest BCUT2D eigenvalue weighted by atomic mass is 79.9. The number of carbonyl (C=O) groups excluding carboxylic acids is 2. The van der Waals surface area contributed by atoms with Crippen LogP contribution in [0.25, 0.3) is 0 Å². The molecular weight excluding hydrogens is 318 g/mol.